The highest BCUT2D eigenvalue weighted by atomic mass is 32.2. The smallest absolute Gasteiger partial charge is 0.159 e. The second-order valence-electron chi connectivity index (χ2n) is 4.15. The molecule has 0 saturated carbocycles. The van der Waals surface area contributed by atoms with Gasteiger partial charge < -0.3 is 5.32 Å². The number of rotatable bonds is 4. The van der Waals surface area contributed by atoms with Crippen LogP contribution in [0, 0.1) is 23.0 Å². The van der Waals surface area contributed by atoms with Crippen molar-refractivity contribution >= 4 is 11.8 Å². The summed E-state index contributed by atoms with van der Waals surface area (Å²) in [6.45, 7) is 0.671. The molecule has 20 heavy (non-hydrogen) atoms. The van der Waals surface area contributed by atoms with E-state index >= 15 is 0 Å². The first-order valence-corrected chi connectivity index (χ1v) is 6.76. The maximum atomic E-state index is 13.2. The zero-order valence-electron chi connectivity index (χ0n) is 10.8. The van der Waals surface area contributed by atoms with Crippen molar-refractivity contribution in [1.82, 2.24) is 5.32 Å². The van der Waals surface area contributed by atoms with E-state index in [1.807, 2.05) is 19.2 Å². The summed E-state index contributed by atoms with van der Waals surface area (Å²) in [6, 6.07) is 11.3. The predicted molar refractivity (Wildman–Crippen MR) is 74.4 cm³/mol. The summed E-state index contributed by atoms with van der Waals surface area (Å²) in [5.74, 6) is -1.76. The summed E-state index contributed by atoms with van der Waals surface area (Å²) in [5, 5.41) is 12.2. The van der Waals surface area contributed by atoms with E-state index in [-0.39, 0.29) is 0 Å². The van der Waals surface area contributed by atoms with E-state index in [1.165, 1.54) is 17.8 Å². The molecule has 2 nitrogen and oxygen atoms in total. The molecule has 0 bridgehead atoms. The van der Waals surface area contributed by atoms with Gasteiger partial charge in [-0.3, -0.25) is 0 Å². The van der Waals surface area contributed by atoms with Gasteiger partial charge in [0.15, 0.2) is 11.6 Å². The van der Waals surface area contributed by atoms with Gasteiger partial charge in [-0.2, -0.15) is 5.26 Å². The first-order valence-electron chi connectivity index (χ1n) is 5.94. The van der Waals surface area contributed by atoms with E-state index in [1.54, 1.807) is 6.07 Å². The largest absolute Gasteiger partial charge is 0.316 e. The van der Waals surface area contributed by atoms with Gasteiger partial charge in [-0.05, 0) is 42.9 Å². The lowest BCUT2D eigenvalue weighted by Crippen LogP contribution is -2.05. The van der Waals surface area contributed by atoms with Crippen molar-refractivity contribution in [2.24, 2.45) is 0 Å². The fraction of sp³-hybridized carbons (Fsp3) is 0.133. The molecule has 2 rings (SSSR count). The van der Waals surface area contributed by atoms with Crippen LogP contribution in [0.1, 0.15) is 11.1 Å². The van der Waals surface area contributed by atoms with Crippen molar-refractivity contribution in [3.05, 3.63) is 59.2 Å². The van der Waals surface area contributed by atoms with E-state index in [0.29, 0.717) is 17.0 Å². The normalized spacial score (nSPS) is 10.3. The molecule has 0 spiro atoms. The van der Waals surface area contributed by atoms with Gasteiger partial charge in [0.25, 0.3) is 0 Å². The summed E-state index contributed by atoms with van der Waals surface area (Å²) >= 11 is 1.24. The molecule has 0 atom stereocenters. The number of hydrogen-bond acceptors (Lipinski definition) is 3. The Bertz CT molecular complexity index is 665. The Morgan fingerprint density at radius 3 is 2.60 bits per heavy atom. The average Bonchev–Trinajstić information content (AvgIpc) is 2.45. The monoisotopic (exact) mass is 290 g/mol. The minimum absolute atomic E-state index is 0.521. The first-order chi connectivity index (χ1) is 9.63. The Balaban J connectivity index is 2.28. The Kier molecular flexibility index (Phi) is 4.72. The van der Waals surface area contributed by atoms with Crippen LogP contribution >= 0.6 is 11.8 Å². The molecule has 0 amide bonds. The molecule has 0 aliphatic carbocycles. The van der Waals surface area contributed by atoms with E-state index in [9.17, 15) is 14.0 Å². The van der Waals surface area contributed by atoms with Crippen LogP contribution in [0.4, 0.5) is 8.78 Å². The lowest BCUT2D eigenvalue weighted by Gasteiger charge is -2.07. The molecule has 0 fully saturated rings. The van der Waals surface area contributed by atoms with Crippen LogP contribution in [0.2, 0.25) is 0 Å². The highest BCUT2D eigenvalue weighted by Crippen LogP contribution is 2.31. The van der Waals surface area contributed by atoms with Crippen LogP contribution in [-0.4, -0.2) is 7.05 Å². The molecular formula is C15H12F2N2S. The fourth-order valence-corrected chi connectivity index (χ4v) is 2.64. The molecule has 1 N–H and O–H groups in total. The third kappa shape index (κ3) is 3.35. The van der Waals surface area contributed by atoms with Crippen molar-refractivity contribution in [3.63, 3.8) is 0 Å². The predicted octanol–water partition coefficient (Wildman–Crippen LogP) is 3.71. The molecular weight excluding hydrogens is 278 g/mol. The lowest BCUT2D eigenvalue weighted by molar-refractivity contribution is 0.506. The molecule has 0 heterocycles. The molecule has 0 aromatic heterocycles. The van der Waals surface area contributed by atoms with Gasteiger partial charge in [0, 0.05) is 16.3 Å². The Morgan fingerprint density at radius 1 is 1.15 bits per heavy atom. The molecule has 0 aliphatic rings. The molecule has 102 valence electrons. The molecule has 0 unspecified atom stereocenters. The zero-order valence-corrected chi connectivity index (χ0v) is 11.6. The van der Waals surface area contributed by atoms with Gasteiger partial charge in [0.05, 0.1) is 5.56 Å². The van der Waals surface area contributed by atoms with Crippen LogP contribution in [0.25, 0.3) is 0 Å². The van der Waals surface area contributed by atoms with Crippen molar-refractivity contribution in [2.75, 3.05) is 7.05 Å². The molecule has 0 saturated heterocycles. The maximum absolute atomic E-state index is 13.2. The number of nitriles is 1. The quantitative estimate of drug-likeness (QED) is 0.932. The second kappa shape index (κ2) is 6.51. The molecule has 2 aromatic rings. The summed E-state index contributed by atoms with van der Waals surface area (Å²) < 4.78 is 26.0. The summed E-state index contributed by atoms with van der Waals surface area (Å²) in [5.41, 5.74) is 1.52. The van der Waals surface area contributed by atoms with Crippen molar-refractivity contribution in [3.8, 4) is 6.07 Å². The topological polar surface area (TPSA) is 35.8 Å². The van der Waals surface area contributed by atoms with E-state index in [4.69, 9.17) is 0 Å². The van der Waals surface area contributed by atoms with Gasteiger partial charge in [0.2, 0.25) is 0 Å². The minimum atomic E-state index is -0.889. The Labute approximate surface area is 120 Å². The molecule has 0 aliphatic heterocycles. The van der Waals surface area contributed by atoms with Gasteiger partial charge in [0.1, 0.15) is 6.07 Å². The van der Waals surface area contributed by atoms with Crippen molar-refractivity contribution in [2.45, 2.75) is 16.3 Å². The van der Waals surface area contributed by atoms with Crippen molar-refractivity contribution < 1.29 is 8.78 Å². The van der Waals surface area contributed by atoms with Gasteiger partial charge in [-0.15, -0.1) is 0 Å². The number of hydrogen-bond donors (Lipinski definition) is 1. The summed E-state index contributed by atoms with van der Waals surface area (Å²) in [6.07, 6.45) is 0. The second-order valence-corrected chi connectivity index (χ2v) is 5.27. The molecule has 0 radical (unpaired) electrons. The van der Waals surface area contributed by atoms with Crippen LogP contribution in [-0.2, 0) is 6.54 Å². The van der Waals surface area contributed by atoms with Crippen LogP contribution in [0.5, 0.6) is 0 Å². The van der Waals surface area contributed by atoms with Crippen molar-refractivity contribution in [1.29, 1.82) is 5.26 Å². The average molecular weight is 290 g/mol. The fourth-order valence-electron chi connectivity index (χ4n) is 1.73. The van der Waals surface area contributed by atoms with Crippen LogP contribution in [0.3, 0.4) is 0 Å². The SMILES string of the molecule is CNCc1ccc(Sc2ccc(F)c(F)c2)c(C#N)c1. The van der Waals surface area contributed by atoms with Gasteiger partial charge >= 0.3 is 0 Å². The number of nitrogens with one attached hydrogen (secondary N) is 1. The van der Waals surface area contributed by atoms with E-state index in [0.717, 1.165) is 22.6 Å². The van der Waals surface area contributed by atoms with E-state index in [2.05, 4.69) is 11.4 Å². The third-order valence-corrected chi connectivity index (χ3v) is 3.73. The van der Waals surface area contributed by atoms with Gasteiger partial charge in [-0.25, -0.2) is 8.78 Å². The molecule has 5 heteroatoms. The Morgan fingerprint density at radius 2 is 1.95 bits per heavy atom. The Hall–Kier alpha value is -1.90. The third-order valence-electron chi connectivity index (χ3n) is 2.66. The summed E-state index contributed by atoms with van der Waals surface area (Å²) in [7, 11) is 1.83. The number of benzene rings is 2. The molecule has 2 aromatic carbocycles. The summed E-state index contributed by atoms with van der Waals surface area (Å²) in [4.78, 5) is 1.28. The standard InChI is InChI=1S/C15H12F2N2S/c1-19-9-10-2-5-15(11(6-10)8-18)20-12-3-4-13(16)14(17)7-12/h2-7,19H,9H2,1H3. The number of halogens is 2. The minimum Gasteiger partial charge on any atom is -0.316 e. The first kappa shape index (κ1) is 14.5. The highest BCUT2D eigenvalue weighted by molar-refractivity contribution is 7.99. The lowest BCUT2D eigenvalue weighted by atomic mass is 10.1. The van der Waals surface area contributed by atoms with Gasteiger partial charge in [-0.1, -0.05) is 17.8 Å². The maximum Gasteiger partial charge on any atom is 0.159 e. The van der Waals surface area contributed by atoms with Crippen LogP contribution < -0.4 is 5.32 Å². The van der Waals surface area contributed by atoms with E-state index < -0.39 is 11.6 Å². The van der Waals surface area contributed by atoms with Crippen LogP contribution in [0.15, 0.2) is 46.2 Å². The highest BCUT2D eigenvalue weighted by Gasteiger charge is 2.08. The zero-order chi connectivity index (χ0) is 14.5. The number of nitrogens with zero attached hydrogens (tertiary/aromatic N) is 1.